The van der Waals surface area contributed by atoms with Crippen molar-refractivity contribution >= 4 is 40.8 Å². The third kappa shape index (κ3) is 7.89. The van der Waals surface area contributed by atoms with Gasteiger partial charge in [0.05, 0.1) is 12.9 Å². The number of guanidine groups is 1. The lowest BCUT2D eigenvalue weighted by Crippen LogP contribution is -2.41. The van der Waals surface area contributed by atoms with Gasteiger partial charge in [0, 0.05) is 13.1 Å². The fourth-order valence-corrected chi connectivity index (χ4v) is 3.10. The second-order valence-electron chi connectivity index (χ2n) is 6.85. The molecular formula is C18H27ClN8O4. The van der Waals surface area contributed by atoms with Crippen molar-refractivity contribution in [3.63, 3.8) is 0 Å². The molecule has 0 fully saturated rings. The molecule has 31 heavy (non-hydrogen) atoms. The number of fused-ring (bicyclic) bond motifs is 1. The van der Waals surface area contributed by atoms with Crippen LogP contribution in [0.3, 0.4) is 0 Å². The summed E-state index contributed by atoms with van der Waals surface area (Å²) in [7, 11) is 0. The highest BCUT2D eigenvalue weighted by Gasteiger charge is 2.20. The molecule has 2 aromatic heterocycles. The minimum Gasteiger partial charge on any atom is -0.480 e. The van der Waals surface area contributed by atoms with Crippen molar-refractivity contribution in [1.82, 2.24) is 24.8 Å². The van der Waals surface area contributed by atoms with Gasteiger partial charge in [-0.15, -0.1) is 0 Å². The van der Waals surface area contributed by atoms with Gasteiger partial charge >= 0.3 is 12.1 Å². The van der Waals surface area contributed by atoms with E-state index >= 15 is 0 Å². The molecule has 0 aliphatic heterocycles. The van der Waals surface area contributed by atoms with Crippen LogP contribution in [0.2, 0.25) is 5.15 Å². The van der Waals surface area contributed by atoms with E-state index in [-0.39, 0.29) is 25.5 Å². The maximum absolute atomic E-state index is 11.8. The molecule has 2 aromatic rings. The second kappa shape index (κ2) is 11.9. The lowest BCUT2D eigenvalue weighted by molar-refractivity contribution is -0.139. The summed E-state index contributed by atoms with van der Waals surface area (Å²) in [5.74, 6) is -0.629. The molecule has 2 heterocycles. The molecule has 0 saturated carbocycles. The number of ether oxygens (including phenoxy) is 1. The van der Waals surface area contributed by atoms with E-state index in [0.717, 1.165) is 12.8 Å². The number of carbonyl (C=O) groups excluding carboxylic acids is 1. The Hall–Kier alpha value is -3.15. The number of unbranched alkanes of at least 4 members (excludes halogenated alkanes) is 2. The molecule has 1 amide bonds. The predicted molar refractivity (Wildman–Crippen MR) is 115 cm³/mol. The van der Waals surface area contributed by atoms with E-state index in [1.54, 1.807) is 13.3 Å². The Kier molecular flexibility index (Phi) is 9.25. The maximum Gasteiger partial charge on any atom is 0.407 e. The van der Waals surface area contributed by atoms with Crippen molar-refractivity contribution in [1.29, 1.82) is 0 Å². The Balaban J connectivity index is 1.66. The van der Waals surface area contributed by atoms with E-state index in [2.05, 4.69) is 25.3 Å². The Morgan fingerprint density at radius 3 is 2.77 bits per heavy atom. The van der Waals surface area contributed by atoms with Crippen LogP contribution in [0.5, 0.6) is 0 Å². The number of nitrogens with two attached hydrogens (primary N) is 2. The van der Waals surface area contributed by atoms with Gasteiger partial charge in [0.1, 0.15) is 17.4 Å². The maximum atomic E-state index is 11.8. The molecule has 1 atom stereocenters. The van der Waals surface area contributed by atoms with E-state index in [9.17, 15) is 14.7 Å². The zero-order valence-electron chi connectivity index (χ0n) is 17.3. The molecule has 0 aliphatic rings. The highest BCUT2D eigenvalue weighted by Crippen LogP contribution is 2.19. The number of aryl methyl sites for hydroxylation is 2. The van der Waals surface area contributed by atoms with Crippen LogP contribution < -0.4 is 16.8 Å². The largest absolute Gasteiger partial charge is 0.480 e. The zero-order valence-corrected chi connectivity index (χ0v) is 18.0. The molecule has 0 aliphatic carbocycles. The number of nitrogens with zero attached hydrogens (tertiary/aromatic N) is 5. The van der Waals surface area contributed by atoms with Gasteiger partial charge < -0.3 is 31.2 Å². The smallest absolute Gasteiger partial charge is 0.407 e. The van der Waals surface area contributed by atoms with Gasteiger partial charge in [0.15, 0.2) is 16.8 Å². The molecule has 2 rings (SSSR count). The average molecular weight is 455 g/mol. The number of aromatic nitrogens is 4. The van der Waals surface area contributed by atoms with Crippen LogP contribution in [0.1, 0.15) is 37.9 Å². The number of aliphatic imine (C=N–C) groups is 1. The van der Waals surface area contributed by atoms with E-state index < -0.39 is 18.1 Å². The van der Waals surface area contributed by atoms with Crippen molar-refractivity contribution in [2.24, 2.45) is 16.5 Å². The summed E-state index contributed by atoms with van der Waals surface area (Å²) in [6.45, 7) is 2.92. The quantitative estimate of drug-likeness (QED) is 0.158. The van der Waals surface area contributed by atoms with Crippen molar-refractivity contribution in [2.75, 3.05) is 13.2 Å². The Bertz CT molecular complexity index is 929. The summed E-state index contributed by atoms with van der Waals surface area (Å²) in [6, 6.07) is -1.06. The number of hydrogen-bond donors (Lipinski definition) is 4. The number of carbonyl (C=O) groups is 2. The molecular weight excluding hydrogens is 428 g/mol. The van der Waals surface area contributed by atoms with Gasteiger partial charge in [-0.1, -0.05) is 11.6 Å². The number of rotatable bonds is 12. The van der Waals surface area contributed by atoms with Crippen molar-refractivity contribution in [3.05, 3.63) is 17.3 Å². The second-order valence-corrected chi connectivity index (χ2v) is 7.21. The van der Waals surface area contributed by atoms with Crippen LogP contribution in [0.15, 0.2) is 11.3 Å². The Morgan fingerprint density at radius 2 is 2.06 bits per heavy atom. The number of halogens is 1. The van der Waals surface area contributed by atoms with Gasteiger partial charge in [-0.3, -0.25) is 4.99 Å². The van der Waals surface area contributed by atoms with Crippen LogP contribution in [-0.2, 0) is 16.1 Å². The number of hydrogen-bond acceptors (Lipinski definition) is 7. The summed E-state index contributed by atoms with van der Waals surface area (Å²) in [5, 5.41) is 11.9. The number of aliphatic carboxylic acids is 1. The minimum atomic E-state index is -1.15. The Labute approximate surface area is 184 Å². The van der Waals surface area contributed by atoms with Crippen LogP contribution in [0.4, 0.5) is 4.79 Å². The summed E-state index contributed by atoms with van der Waals surface area (Å²) >= 11 is 6.08. The van der Waals surface area contributed by atoms with Gasteiger partial charge in [0.2, 0.25) is 0 Å². The zero-order chi connectivity index (χ0) is 22.8. The van der Waals surface area contributed by atoms with Gasteiger partial charge in [-0.05, 0) is 39.0 Å². The molecule has 0 saturated heterocycles. The molecule has 0 radical (unpaired) electrons. The van der Waals surface area contributed by atoms with Crippen LogP contribution in [0, 0.1) is 6.92 Å². The van der Waals surface area contributed by atoms with Crippen molar-refractivity contribution < 1.29 is 19.4 Å². The van der Waals surface area contributed by atoms with Gasteiger partial charge in [-0.25, -0.2) is 24.5 Å². The molecule has 0 bridgehead atoms. The van der Waals surface area contributed by atoms with Crippen LogP contribution >= 0.6 is 11.6 Å². The monoisotopic (exact) mass is 454 g/mol. The van der Waals surface area contributed by atoms with E-state index in [0.29, 0.717) is 41.5 Å². The fourth-order valence-electron chi connectivity index (χ4n) is 2.85. The van der Waals surface area contributed by atoms with Crippen LogP contribution in [0.25, 0.3) is 11.2 Å². The molecule has 0 aromatic carbocycles. The first-order valence-corrected chi connectivity index (χ1v) is 10.2. The summed E-state index contributed by atoms with van der Waals surface area (Å²) in [6.07, 6.45) is 3.76. The topological polar surface area (TPSA) is 184 Å². The van der Waals surface area contributed by atoms with Gasteiger partial charge in [0.25, 0.3) is 0 Å². The predicted octanol–water partition coefficient (Wildman–Crippen LogP) is 1.19. The van der Waals surface area contributed by atoms with Gasteiger partial charge in [-0.2, -0.15) is 0 Å². The number of carboxylic acid groups (broad SMARTS) is 1. The third-order valence-electron chi connectivity index (χ3n) is 4.35. The lowest BCUT2D eigenvalue weighted by atomic mass is 10.1. The lowest BCUT2D eigenvalue weighted by Gasteiger charge is -2.14. The molecule has 6 N–H and O–H groups in total. The molecule has 1 unspecified atom stereocenters. The number of alkyl carbamates (subject to hydrolysis) is 1. The van der Waals surface area contributed by atoms with Crippen molar-refractivity contribution in [2.45, 2.75) is 51.6 Å². The SMILES string of the molecule is Cc1nc(Cl)c2ncn(CCCCCOC(=O)NC(CCCN=C(N)N)C(=O)O)c2n1. The standard InChI is InChI=1S/C18H27ClN8O4/c1-11-24-14(19)13-15(25-11)27(10-23-13)8-3-2-4-9-31-18(30)26-12(16(28)29)6-5-7-22-17(20)21/h10,12H,2-9H2,1H3,(H,26,30)(H,28,29)(H4,20,21,22). The molecule has 0 spiro atoms. The van der Waals surface area contributed by atoms with E-state index in [4.69, 9.17) is 27.8 Å². The molecule has 13 heteroatoms. The first-order chi connectivity index (χ1) is 14.8. The summed E-state index contributed by atoms with van der Waals surface area (Å²) in [5.41, 5.74) is 11.7. The number of nitrogens with one attached hydrogen (secondary N) is 1. The highest BCUT2D eigenvalue weighted by molar-refractivity contribution is 6.33. The van der Waals surface area contributed by atoms with Crippen LogP contribution in [-0.4, -0.2) is 61.8 Å². The number of amides is 1. The third-order valence-corrected chi connectivity index (χ3v) is 4.61. The minimum absolute atomic E-state index is 0.0624. The number of carboxylic acids is 1. The first-order valence-electron chi connectivity index (χ1n) is 9.84. The van der Waals surface area contributed by atoms with E-state index in [1.165, 1.54) is 0 Å². The summed E-state index contributed by atoms with van der Waals surface area (Å²) < 4.78 is 6.97. The first kappa shape index (κ1) is 24.1. The van der Waals surface area contributed by atoms with E-state index in [1.807, 2.05) is 4.57 Å². The molecule has 170 valence electrons. The Morgan fingerprint density at radius 1 is 1.29 bits per heavy atom. The van der Waals surface area contributed by atoms with Crippen molar-refractivity contribution in [3.8, 4) is 0 Å². The fraction of sp³-hybridized carbons (Fsp3) is 0.556. The highest BCUT2D eigenvalue weighted by atomic mass is 35.5. The summed E-state index contributed by atoms with van der Waals surface area (Å²) in [4.78, 5) is 39.5. The molecule has 12 nitrogen and oxygen atoms in total. The number of imidazole rings is 1. The normalized spacial score (nSPS) is 11.8. The average Bonchev–Trinajstić information content (AvgIpc) is 3.09.